The van der Waals surface area contributed by atoms with Crippen LogP contribution in [-0.4, -0.2) is 32.5 Å². The van der Waals surface area contributed by atoms with E-state index in [2.05, 4.69) is 20.3 Å². The zero-order valence-corrected chi connectivity index (χ0v) is 13.0. The Hall–Kier alpha value is -2.58. The number of primary amides is 1. The van der Waals surface area contributed by atoms with Crippen LogP contribution in [0.2, 0.25) is 0 Å². The van der Waals surface area contributed by atoms with E-state index in [1.54, 1.807) is 0 Å². The third-order valence-corrected chi connectivity index (χ3v) is 4.28. The number of amides is 1. The third-order valence-electron chi connectivity index (χ3n) is 3.30. The van der Waals surface area contributed by atoms with Gasteiger partial charge in [0, 0.05) is 6.54 Å². The van der Waals surface area contributed by atoms with Gasteiger partial charge in [-0.15, -0.1) is 0 Å². The quantitative estimate of drug-likeness (QED) is 0.634. The Labute approximate surface area is 136 Å². The summed E-state index contributed by atoms with van der Waals surface area (Å²) in [4.78, 5) is 24.2. The van der Waals surface area contributed by atoms with Gasteiger partial charge in [0.2, 0.25) is 0 Å². The Morgan fingerprint density at radius 2 is 2.09 bits per heavy atom. The van der Waals surface area contributed by atoms with Crippen LogP contribution in [0.1, 0.15) is 27.9 Å². The Bertz CT molecular complexity index is 821. The number of aromatic nitrogens is 3. The molecule has 1 amide bonds. The van der Waals surface area contributed by atoms with Crippen molar-refractivity contribution in [3.63, 3.8) is 0 Å². The van der Waals surface area contributed by atoms with Gasteiger partial charge in [0.25, 0.3) is 5.91 Å². The van der Waals surface area contributed by atoms with E-state index in [0.29, 0.717) is 29.1 Å². The number of nitrogens with two attached hydrogens (primary N) is 1. The molecule has 3 rings (SSSR count). The Balaban J connectivity index is 1.69. The molecule has 118 valence electrons. The van der Waals surface area contributed by atoms with E-state index in [0.717, 1.165) is 16.9 Å². The van der Waals surface area contributed by atoms with Crippen LogP contribution in [0.3, 0.4) is 0 Å². The van der Waals surface area contributed by atoms with Crippen LogP contribution in [0.25, 0.3) is 10.3 Å². The minimum Gasteiger partial charge on any atom is -0.388 e. The number of anilines is 1. The topological polar surface area (TPSA) is 114 Å². The molecule has 0 radical (unpaired) electrons. The molecule has 23 heavy (non-hydrogen) atoms. The highest BCUT2D eigenvalue weighted by Gasteiger charge is 2.14. The highest BCUT2D eigenvalue weighted by Crippen LogP contribution is 2.24. The second-order valence-electron chi connectivity index (χ2n) is 4.90. The summed E-state index contributed by atoms with van der Waals surface area (Å²) in [6.45, 7) is 0.506. The highest BCUT2D eigenvalue weighted by atomic mass is 32.1. The van der Waals surface area contributed by atoms with Gasteiger partial charge in [0.05, 0.1) is 6.10 Å². The number of aliphatic hydroxyl groups excluding tert-OH is 1. The number of fused-ring (bicyclic) bond motifs is 1. The summed E-state index contributed by atoms with van der Waals surface area (Å²) < 4.78 is 0. The van der Waals surface area contributed by atoms with Crippen LogP contribution in [0, 0.1) is 0 Å². The highest BCUT2D eigenvalue weighted by molar-refractivity contribution is 7.19. The molecular formula is C15H15N5O2S. The van der Waals surface area contributed by atoms with Crippen molar-refractivity contribution in [3.05, 3.63) is 47.2 Å². The van der Waals surface area contributed by atoms with E-state index in [4.69, 9.17) is 5.73 Å². The summed E-state index contributed by atoms with van der Waals surface area (Å²) in [5, 5.41) is 13.5. The van der Waals surface area contributed by atoms with Crippen molar-refractivity contribution >= 4 is 33.4 Å². The smallest absolute Gasteiger partial charge is 0.277 e. The lowest BCUT2D eigenvalue weighted by Crippen LogP contribution is -2.10. The first-order valence-corrected chi connectivity index (χ1v) is 7.85. The van der Waals surface area contributed by atoms with Crippen LogP contribution < -0.4 is 11.1 Å². The number of nitrogens with one attached hydrogen (secondary N) is 1. The molecule has 8 heteroatoms. The minimum absolute atomic E-state index is 0.202. The molecule has 7 nitrogen and oxygen atoms in total. The van der Waals surface area contributed by atoms with Crippen molar-refractivity contribution in [1.29, 1.82) is 0 Å². The van der Waals surface area contributed by atoms with Crippen molar-refractivity contribution in [3.8, 4) is 0 Å². The van der Waals surface area contributed by atoms with Gasteiger partial charge in [0.1, 0.15) is 16.7 Å². The zero-order valence-electron chi connectivity index (χ0n) is 12.1. The predicted octanol–water partition coefficient (Wildman–Crippen LogP) is 1.72. The van der Waals surface area contributed by atoms with Crippen molar-refractivity contribution in [2.24, 2.45) is 5.73 Å². The van der Waals surface area contributed by atoms with E-state index in [1.807, 2.05) is 30.3 Å². The molecule has 0 bridgehead atoms. The fraction of sp³-hybridized carbons (Fsp3) is 0.200. The Morgan fingerprint density at radius 1 is 1.30 bits per heavy atom. The molecule has 0 fully saturated rings. The van der Waals surface area contributed by atoms with Crippen molar-refractivity contribution in [1.82, 2.24) is 15.0 Å². The largest absolute Gasteiger partial charge is 0.388 e. The van der Waals surface area contributed by atoms with Gasteiger partial charge in [0.15, 0.2) is 10.8 Å². The molecule has 0 spiro atoms. The fourth-order valence-electron chi connectivity index (χ4n) is 2.16. The average Bonchev–Trinajstić information content (AvgIpc) is 3.01. The molecule has 0 aliphatic carbocycles. The van der Waals surface area contributed by atoms with E-state index in [1.165, 1.54) is 6.33 Å². The molecule has 4 N–H and O–H groups in total. The number of thiazole rings is 1. The summed E-state index contributed by atoms with van der Waals surface area (Å²) in [7, 11) is 0. The normalized spacial score (nSPS) is 12.2. The molecule has 2 heterocycles. The van der Waals surface area contributed by atoms with E-state index >= 15 is 0 Å². The van der Waals surface area contributed by atoms with Gasteiger partial charge in [-0.1, -0.05) is 41.7 Å². The maximum atomic E-state index is 11.2. The van der Waals surface area contributed by atoms with Gasteiger partial charge in [-0.2, -0.15) is 0 Å². The molecule has 3 aromatic rings. The van der Waals surface area contributed by atoms with E-state index in [-0.39, 0.29) is 5.01 Å². The number of hydrogen-bond donors (Lipinski definition) is 3. The van der Waals surface area contributed by atoms with Gasteiger partial charge in [-0.25, -0.2) is 15.0 Å². The van der Waals surface area contributed by atoms with E-state index < -0.39 is 12.0 Å². The molecule has 1 unspecified atom stereocenters. The maximum Gasteiger partial charge on any atom is 0.277 e. The molecule has 0 saturated carbocycles. The zero-order chi connectivity index (χ0) is 16.2. The van der Waals surface area contributed by atoms with Gasteiger partial charge < -0.3 is 16.2 Å². The van der Waals surface area contributed by atoms with Gasteiger partial charge >= 0.3 is 0 Å². The first kappa shape index (κ1) is 15.3. The van der Waals surface area contributed by atoms with Crippen LogP contribution in [0.15, 0.2) is 36.7 Å². The van der Waals surface area contributed by atoms with Crippen LogP contribution in [0.5, 0.6) is 0 Å². The number of benzene rings is 1. The molecule has 1 aromatic carbocycles. The number of hydrogen-bond acceptors (Lipinski definition) is 7. The number of rotatable bonds is 6. The van der Waals surface area contributed by atoms with Crippen molar-refractivity contribution in [2.75, 3.05) is 11.9 Å². The third kappa shape index (κ3) is 3.43. The summed E-state index contributed by atoms with van der Waals surface area (Å²) >= 11 is 1.13. The number of aliphatic hydroxyl groups is 1. The number of carbonyl (C=O) groups is 1. The summed E-state index contributed by atoms with van der Waals surface area (Å²) in [5.41, 5.74) is 6.62. The van der Waals surface area contributed by atoms with Crippen molar-refractivity contribution < 1.29 is 9.90 Å². The molecule has 1 atom stereocenters. The summed E-state index contributed by atoms with van der Waals surface area (Å²) in [6, 6.07) is 9.45. The predicted molar refractivity (Wildman–Crippen MR) is 88.2 cm³/mol. The summed E-state index contributed by atoms with van der Waals surface area (Å²) in [5.74, 6) is -0.0579. The second kappa shape index (κ2) is 6.67. The Kier molecular flexibility index (Phi) is 4.45. The maximum absolute atomic E-state index is 11.2. The monoisotopic (exact) mass is 329 g/mol. The molecule has 0 saturated heterocycles. The van der Waals surface area contributed by atoms with Crippen molar-refractivity contribution in [2.45, 2.75) is 12.5 Å². The minimum atomic E-state index is -0.585. The molecule has 2 aromatic heterocycles. The lowest BCUT2D eigenvalue weighted by atomic mass is 10.1. The van der Waals surface area contributed by atoms with Gasteiger partial charge in [-0.3, -0.25) is 4.79 Å². The molecule has 0 aliphatic heterocycles. The second-order valence-corrected chi connectivity index (χ2v) is 5.88. The first-order valence-electron chi connectivity index (χ1n) is 7.03. The fourth-order valence-corrected chi connectivity index (χ4v) is 2.92. The van der Waals surface area contributed by atoms with Crippen LogP contribution >= 0.6 is 11.3 Å². The number of nitrogens with zero attached hydrogens (tertiary/aromatic N) is 3. The Morgan fingerprint density at radius 3 is 2.83 bits per heavy atom. The average molecular weight is 329 g/mol. The lowest BCUT2D eigenvalue weighted by molar-refractivity contribution is 0.1000. The first-order chi connectivity index (χ1) is 11.1. The van der Waals surface area contributed by atoms with Crippen LogP contribution in [0.4, 0.5) is 5.82 Å². The van der Waals surface area contributed by atoms with E-state index in [9.17, 15) is 9.90 Å². The van der Waals surface area contributed by atoms with Gasteiger partial charge in [-0.05, 0) is 12.0 Å². The lowest BCUT2D eigenvalue weighted by Gasteiger charge is -2.11. The molecule has 0 aliphatic rings. The number of carbonyl (C=O) groups excluding carboxylic acids is 1. The SMILES string of the molecule is NC(=O)c1nc2c(NCCC(O)c3ccccc3)ncnc2s1. The molecular weight excluding hydrogens is 314 g/mol. The standard InChI is InChI=1S/C15H15N5O2S/c16-12(22)15-20-11-13(18-8-19-14(11)23-15)17-7-6-10(21)9-4-2-1-3-5-9/h1-5,8,10,21H,6-7H2,(H2,16,22)(H,17,18,19). The summed E-state index contributed by atoms with van der Waals surface area (Å²) in [6.07, 6.45) is 1.36. The van der Waals surface area contributed by atoms with Crippen LogP contribution in [-0.2, 0) is 0 Å².